The summed E-state index contributed by atoms with van der Waals surface area (Å²) in [4.78, 5) is 27.7. The summed E-state index contributed by atoms with van der Waals surface area (Å²) in [5.74, 6) is -1.10. The molecule has 1 aliphatic rings. The molecule has 1 aromatic heterocycles. The van der Waals surface area contributed by atoms with Gasteiger partial charge in [-0.15, -0.1) is 0 Å². The summed E-state index contributed by atoms with van der Waals surface area (Å²) in [6.45, 7) is 0.775. The van der Waals surface area contributed by atoms with Gasteiger partial charge in [-0.3, -0.25) is 4.98 Å². The van der Waals surface area contributed by atoms with Gasteiger partial charge < -0.3 is 20.4 Å². The second kappa shape index (κ2) is 5.01. The second-order valence-electron chi connectivity index (χ2n) is 4.09. The van der Waals surface area contributed by atoms with Gasteiger partial charge in [0.2, 0.25) is 0 Å². The molecule has 2 amide bonds. The Morgan fingerprint density at radius 2 is 2.22 bits per heavy atom. The Hall–Kier alpha value is -2.15. The molecule has 1 aromatic rings. The average molecular weight is 251 g/mol. The van der Waals surface area contributed by atoms with Crippen LogP contribution in [0.1, 0.15) is 16.8 Å². The van der Waals surface area contributed by atoms with Gasteiger partial charge in [0.25, 0.3) is 0 Å². The molecule has 0 aliphatic carbocycles. The number of β-amino-alcohol motifs (C(OH)–C–C–N with tert-alkyl or cyclic N) is 1. The highest BCUT2D eigenvalue weighted by molar-refractivity contribution is 5.92. The number of aromatic nitrogens is 1. The third-order valence-corrected chi connectivity index (χ3v) is 2.69. The van der Waals surface area contributed by atoms with Crippen molar-refractivity contribution in [2.45, 2.75) is 12.5 Å². The molecular formula is C11H13N3O4. The van der Waals surface area contributed by atoms with Crippen molar-refractivity contribution in [2.24, 2.45) is 0 Å². The van der Waals surface area contributed by atoms with E-state index in [1.54, 1.807) is 0 Å². The molecule has 0 radical (unpaired) electrons. The lowest BCUT2D eigenvalue weighted by molar-refractivity contribution is 0.0696. The van der Waals surface area contributed by atoms with E-state index in [0.717, 1.165) is 0 Å². The van der Waals surface area contributed by atoms with Crippen LogP contribution in [0.4, 0.5) is 10.5 Å². The normalized spacial score (nSPS) is 18.7. The van der Waals surface area contributed by atoms with Gasteiger partial charge in [0.05, 0.1) is 23.6 Å². The van der Waals surface area contributed by atoms with E-state index in [9.17, 15) is 14.7 Å². The molecule has 3 N–H and O–H groups in total. The molecule has 1 atom stereocenters. The first-order valence-corrected chi connectivity index (χ1v) is 5.48. The predicted octanol–water partition coefficient (Wildman–Crippen LogP) is 0.378. The highest BCUT2D eigenvalue weighted by Gasteiger charge is 2.24. The van der Waals surface area contributed by atoms with Gasteiger partial charge in [0.1, 0.15) is 0 Å². The second-order valence-corrected chi connectivity index (χ2v) is 4.09. The van der Waals surface area contributed by atoms with Crippen molar-refractivity contribution in [3.05, 3.63) is 24.0 Å². The van der Waals surface area contributed by atoms with Crippen LogP contribution in [-0.2, 0) is 0 Å². The van der Waals surface area contributed by atoms with Gasteiger partial charge in [-0.2, -0.15) is 0 Å². The van der Waals surface area contributed by atoms with E-state index >= 15 is 0 Å². The van der Waals surface area contributed by atoms with Gasteiger partial charge in [-0.25, -0.2) is 9.59 Å². The molecule has 1 unspecified atom stereocenters. The molecule has 7 heteroatoms. The molecule has 2 rings (SSSR count). The number of hydrogen-bond donors (Lipinski definition) is 3. The third-order valence-electron chi connectivity index (χ3n) is 2.69. The number of amides is 2. The van der Waals surface area contributed by atoms with Crippen LogP contribution in [0, 0.1) is 0 Å². The van der Waals surface area contributed by atoms with E-state index in [1.807, 2.05) is 0 Å². The van der Waals surface area contributed by atoms with E-state index in [0.29, 0.717) is 18.7 Å². The first kappa shape index (κ1) is 12.3. The number of pyridine rings is 1. The number of nitrogens with zero attached hydrogens (tertiary/aromatic N) is 2. The fraction of sp³-hybridized carbons (Fsp3) is 0.364. The van der Waals surface area contributed by atoms with E-state index in [1.165, 1.54) is 23.4 Å². The molecule has 7 nitrogen and oxygen atoms in total. The number of carboxylic acids is 1. The number of nitrogens with one attached hydrogen (secondary N) is 1. The Morgan fingerprint density at radius 1 is 1.44 bits per heavy atom. The summed E-state index contributed by atoms with van der Waals surface area (Å²) >= 11 is 0. The van der Waals surface area contributed by atoms with Gasteiger partial charge in [0, 0.05) is 19.3 Å². The SMILES string of the molecule is O=C(O)c1cncc(NC(=O)N2CCC(O)C2)c1. The minimum Gasteiger partial charge on any atom is -0.478 e. The largest absolute Gasteiger partial charge is 0.478 e. The number of likely N-dealkylation sites (tertiary alicyclic amines) is 1. The monoisotopic (exact) mass is 251 g/mol. The summed E-state index contributed by atoms with van der Waals surface area (Å²) in [5, 5.41) is 20.7. The van der Waals surface area contributed by atoms with Crippen LogP contribution in [0.15, 0.2) is 18.5 Å². The maximum atomic E-state index is 11.8. The molecule has 18 heavy (non-hydrogen) atoms. The highest BCUT2D eigenvalue weighted by atomic mass is 16.4. The number of aromatic carboxylic acids is 1. The van der Waals surface area contributed by atoms with Gasteiger partial charge in [-0.05, 0) is 12.5 Å². The molecule has 0 aromatic carbocycles. The third kappa shape index (κ3) is 2.75. The Kier molecular flexibility index (Phi) is 3.42. The highest BCUT2D eigenvalue weighted by Crippen LogP contribution is 2.13. The van der Waals surface area contributed by atoms with Crippen molar-refractivity contribution in [2.75, 3.05) is 18.4 Å². The van der Waals surface area contributed by atoms with Gasteiger partial charge in [-0.1, -0.05) is 0 Å². The fourth-order valence-electron chi connectivity index (χ4n) is 1.75. The molecule has 1 saturated heterocycles. The number of carbonyl (C=O) groups is 2. The molecule has 0 bridgehead atoms. The van der Waals surface area contributed by atoms with Gasteiger partial charge in [0.15, 0.2) is 0 Å². The van der Waals surface area contributed by atoms with Crippen LogP contribution < -0.4 is 5.32 Å². The molecule has 2 heterocycles. The summed E-state index contributed by atoms with van der Waals surface area (Å²) in [5.41, 5.74) is 0.329. The minimum absolute atomic E-state index is 0.00857. The zero-order valence-corrected chi connectivity index (χ0v) is 9.54. The number of carbonyl (C=O) groups excluding carboxylic acids is 1. The number of rotatable bonds is 2. The van der Waals surface area contributed by atoms with Gasteiger partial charge >= 0.3 is 12.0 Å². The van der Waals surface area contributed by atoms with Crippen LogP contribution >= 0.6 is 0 Å². The number of urea groups is 1. The average Bonchev–Trinajstić information content (AvgIpc) is 2.76. The van der Waals surface area contributed by atoms with Crippen LogP contribution in [-0.4, -0.2) is 51.3 Å². The minimum atomic E-state index is -1.10. The van der Waals surface area contributed by atoms with Crippen molar-refractivity contribution in [1.29, 1.82) is 0 Å². The molecule has 96 valence electrons. The Balaban J connectivity index is 2.03. The van der Waals surface area contributed by atoms with E-state index in [4.69, 9.17) is 5.11 Å². The molecule has 1 fully saturated rings. The van der Waals surface area contributed by atoms with E-state index < -0.39 is 12.1 Å². The summed E-state index contributed by atoms with van der Waals surface area (Å²) in [6.07, 6.45) is 2.65. The smallest absolute Gasteiger partial charge is 0.337 e. The Labute approximate surface area is 103 Å². The summed E-state index contributed by atoms with van der Waals surface area (Å²) in [6, 6.07) is 0.968. The van der Waals surface area contributed by atoms with Crippen molar-refractivity contribution in [3.8, 4) is 0 Å². The van der Waals surface area contributed by atoms with E-state index in [-0.39, 0.29) is 18.1 Å². The number of anilines is 1. The number of carboxylic acid groups (broad SMARTS) is 1. The maximum absolute atomic E-state index is 11.8. The zero-order chi connectivity index (χ0) is 13.1. The van der Waals surface area contributed by atoms with Crippen LogP contribution in [0.3, 0.4) is 0 Å². The standard InChI is InChI=1S/C11H13N3O4/c15-9-1-2-14(6-9)11(18)13-8-3-7(10(16)17)4-12-5-8/h3-5,9,15H,1-2,6H2,(H,13,18)(H,16,17). The first-order chi connectivity index (χ1) is 8.56. The summed E-state index contributed by atoms with van der Waals surface area (Å²) < 4.78 is 0. The lowest BCUT2D eigenvalue weighted by atomic mass is 10.2. The molecule has 0 saturated carbocycles. The molecule has 0 spiro atoms. The van der Waals surface area contributed by atoms with Crippen molar-refractivity contribution < 1.29 is 19.8 Å². The van der Waals surface area contributed by atoms with Crippen LogP contribution in [0.5, 0.6) is 0 Å². The van der Waals surface area contributed by atoms with Crippen LogP contribution in [0.25, 0.3) is 0 Å². The molecular weight excluding hydrogens is 238 g/mol. The van der Waals surface area contributed by atoms with Crippen molar-refractivity contribution in [3.63, 3.8) is 0 Å². The van der Waals surface area contributed by atoms with Crippen LogP contribution in [0.2, 0.25) is 0 Å². The zero-order valence-electron chi connectivity index (χ0n) is 9.54. The Morgan fingerprint density at radius 3 is 2.83 bits per heavy atom. The number of aliphatic hydroxyl groups excluding tert-OH is 1. The Bertz CT molecular complexity index is 477. The maximum Gasteiger partial charge on any atom is 0.337 e. The first-order valence-electron chi connectivity index (χ1n) is 5.48. The van der Waals surface area contributed by atoms with E-state index in [2.05, 4.69) is 10.3 Å². The number of hydrogen-bond acceptors (Lipinski definition) is 4. The van der Waals surface area contributed by atoms with Crippen molar-refractivity contribution in [1.82, 2.24) is 9.88 Å². The van der Waals surface area contributed by atoms with Crippen molar-refractivity contribution >= 4 is 17.7 Å². The lowest BCUT2D eigenvalue weighted by Crippen LogP contribution is -2.33. The number of aliphatic hydroxyl groups is 1. The fourth-order valence-corrected chi connectivity index (χ4v) is 1.75. The quantitative estimate of drug-likeness (QED) is 0.705. The lowest BCUT2D eigenvalue weighted by Gasteiger charge is -2.16. The topological polar surface area (TPSA) is 103 Å². The molecule has 1 aliphatic heterocycles. The predicted molar refractivity (Wildman–Crippen MR) is 62.4 cm³/mol. The summed E-state index contributed by atoms with van der Waals surface area (Å²) in [7, 11) is 0.